The van der Waals surface area contributed by atoms with Crippen molar-refractivity contribution in [3.8, 4) is 0 Å². The van der Waals surface area contributed by atoms with E-state index in [4.69, 9.17) is 4.74 Å². The molecule has 0 aromatic carbocycles. The van der Waals surface area contributed by atoms with Gasteiger partial charge >= 0.3 is 0 Å². The minimum absolute atomic E-state index is 0.0553. The molecule has 1 aliphatic carbocycles. The summed E-state index contributed by atoms with van der Waals surface area (Å²) in [7, 11) is -1.32. The van der Waals surface area contributed by atoms with Crippen molar-refractivity contribution in [3.05, 3.63) is 17.0 Å². The summed E-state index contributed by atoms with van der Waals surface area (Å²) in [5, 5.41) is 4.49. The first-order valence-corrected chi connectivity index (χ1v) is 10.0. The predicted molar refractivity (Wildman–Crippen MR) is 85.2 cm³/mol. The molecule has 1 unspecified atom stereocenters. The average Bonchev–Trinajstić information content (AvgIpc) is 2.81. The normalized spacial score (nSPS) is 22.0. The van der Waals surface area contributed by atoms with Crippen LogP contribution in [0.1, 0.15) is 34.6 Å². The molecule has 1 atom stereocenters. The number of hydrogen-bond donors (Lipinski definition) is 0. The van der Waals surface area contributed by atoms with Crippen LogP contribution in [0.3, 0.4) is 0 Å². The minimum atomic E-state index is -3.13. The van der Waals surface area contributed by atoms with E-state index in [1.165, 1.54) is 6.26 Å². The zero-order chi connectivity index (χ0) is 16.6. The van der Waals surface area contributed by atoms with Gasteiger partial charge in [-0.3, -0.25) is 9.48 Å². The van der Waals surface area contributed by atoms with Crippen molar-refractivity contribution < 1.29 is 17.9 Å². The molecule has 1 aromatic heterocycles. The van der Waals surface area contributed by atoms with Crippen LogP contribution in [-0.4, -0.2) is 66.8 Å². The molecule has 3 rings (SSSR count). The number of amides is 1. The average molecular weight is 341 g/mol. The number of aromatic nitrogens is 2. The predicted octanol–water partition coefficient (Wildman–Crippen LogP) is 0.185. The zero-order valence-electron chi connectivity index (χ0n) is 13.6. The number of nitrogens with zero attached hydrogens (tertiary/aromatic N) is 3. The highest BCUT2D eigenvalue weighted by atomic mass is 32.2. The third kappa shape index (κ3) is 3.58. The van der Waals surface area contributed by atoms with Crippen LogP contribution in [-0.2, 0) is 34.5 Å². The SMILES string of the molecule is Cn1nc2c(c1C(=O)N1CCOC(CS(C)(=O)=O)C1)CCCC2. The molecule has 0 saturated carbocycles. The van der Waals surface area contributed by atoms with Crippen LogP contribution in [0.25, 0.3) is 0 Å². The molecule has 0 bridgehead atoms. The summed E-state index contributed by atoms with van der Waals surface area (Å²) < 4.78 is 30.1. The van der Waals surface area contributed by atoms with Crippen molar-refractivity contribution in [2.45, 2.75) is 31.8 Å². The van der Waals surface area contributed by atoms with Crippen molar-refractivity contribution in [2.24, 2.45) is 7.05 Å². The van der Waals surface area contributed by atoms with Crippen LogP contribution < -0.4 is 0 Å². The molecule has 1 amide bonds. The second kappa shape index (κ2) is 6.24. The Balaban J connectivity index is 1.79. The van der Waals surface area contributed by atoms with Crippen LogP contribution in [0.15, 0.2) is 0 Å². The monoisotopic (exact) mass is 341 g/mol. The molecule has 128 valence electrons. The third-order valence-electron chi connectivity index (χ3n) is 4.44. The van der Waals surface area contributed by atoms with Crippen LogP contribution in [0, 0.1) is 0 Å². The molecule has 23 heavy (non-hydrogen) atoms. The second-order valence-electron chi connectivity index (χ2n) is 6.44. The number of ether oxygens (including phenoxy) is 1. The number of carbonyl (C=O) groups excluding carboxylic acids is 1. The quantitative estimate of drug-likeness (QED) is 0.784. The number of carbonyl (C=O) groups is 1. The maximum absolute atomic E-state index is 12.9. The van der Waals surface area contributed by atoms with E-state index in [-0.39, 0.29) is 11.7 Å². The van der Waals surface area contributed by atoms with E-state index in [9.17, 15) is 13.2 Å². The topological polar surface area (TPSA) is 81.5 Å². The standard InChI is InChI=1S/C15H23N3O4S/c1-17-14(12-5-3-4-6-13(12)16-17)15(19)18-7-8-22-11(9-18)10-23(2,20)21/h11H,3-10H2,1-2H3. The van der Waals surface area contributed by atoms with Crippen molar-refractivity contribution in [1.82, 2.24) is 14.7 Å². The molecule has 1 saturated heterocycles. The largest absolute Gasteiger partial charge is 0.373 e. The summed E-state index contributed by atoms with van der Waals surface area (Å²) in [6, 6.07) is 0. The number of fused-ring (bicyclic) bond motifs is 1. The van der Waals surface area contributed by atoms with Gasteiger partial charge in [0.25, 0.3) is 5.91 Å². The van der Waals surface area contributed by atoms with E-state index in [2.05, 4.69) is 5.10 Å². The highest BCUT2D eigenvalue weighted by Gasteiger charge is 2.31. The summed E-state index contributed by atoms with van der Waals surface area (Å²) in [6.07, 6.45) is 4.75. The molecule has 0 radical (unpaired) electrons. The summed E-state index contributed by atoms with van der Waals surface area (Å²) in [5.74, 6) is -0.120. The minimum Gasteiger partial charge on any atom is -0.373 e. The number of sulfone groups is 1. The molecule has 1 aromatic rings. The van der Waals surface area contributed by atoms with Gasteiger partial charge in [-0.1, -0.05) is 0 Å². The molecule has 1 fully saturated rings. The zero-order valence-corrected chi connectivity index (χ0v) is 14.4. The summed E-state index contributed by atoms with van der Waals surface area (Å²) in [5.41, 5.74) is 2.75. The van der Waals surface area contributed by atoms with Crippen molar-refractivity contribution >= 4 is 15.7 Å². The number of aryl methyl sites for hydroxylation is 2. The lowest BCUT2D eigenvalue weighted by atomic mass is 9.95. The Kier molecular flexibility index (Phi) is 4.46. The first-order chi connectivity index (χ1) is 10.8. The van der Waals surface area contributed by atoms with Crippen molar-refractivity contribution in [2.75, 3.05) is 31.7 Å². The Morgan fingerprint density at radius 3 is 2.83 bits per heavy atom. The molecule has 2 heterocycles. The first kappa shape index (κ1) is 16.4. The maximum Gasteiger partial charge on any atom is 0.272 e. The van der Waals surface area contributed by atoms with E-state index in [1.54, 1.807) is 16.6 Å². The molecule has 0 N–H and O–H groups in total. The Morgan fingerprint density at radius 2 is 2.09 bits per heavy atom. The van der Waals surface area contributed by atoms with E-state index in [0.29, 0.717) is 25.4 Å². The highest BCUT2D eigenvalue weighted by molar-refractivity contribution is 7.90. The van der Waals surface area contributed by atoms with Gasteiger partial charge in [-0.2, -0.15) is 5.10 Å². The second-order valence-corrected chi connectivity index (χ2v) is 8.63. The van der Waals surface area contributed by atoms with Gasteiger partial charge in [-0.25, -0.2) is 8.42 Å². The fraction of sp³-hybridized carbons (Fsp3) is 0.733. The first-order valence-electron chi connectivity index (χ1n) is 7.98. The number of morpholine rings is 1. The van der Waals surface area contributed by atoms with Gasteiger partial charge in [0, 0.05) is 32.0 Å². The maximum atomic E-state index is 12.9. The molecular weight excluding hydrogens is 318 g/mol. The summed E-state index contributed by atoms with van der Waals surface area (Å²) >= 11 is 0. The smallest absolute Gasteiger partial charge is 0.272 e. The van der Waals surface area contributed by atoms with Crippen molar-refractivity contribution in [1.29, 1.82) is 0 Å². The van der Waals surface area contributed by atoms with Gasteiger partial charge in [0.15, 0.2) is 0 Å². The molecule has 8 heteroatoms. The Labute approximate surface area is 136 Å². The Morgan fingerprint density at radius 1 is 1.35 bits per heavy atom. The van der Waals surface area contributed by atoms with Gasteiger partial charge in [0.05, 0.1) is 24.2 Å². The van der Waals surface area contributed by atoms with Gasteiger partial charge in [-0.05, 0) is 25.7 Å². The molecule has 2 aliphatic rings. The lowest BCUT2D eigenvalue weighted by molar-refractivity contribution is -0.0113. The van der Waals surface area contributed by atoms with Gasteiger partial charge < -0.3 is 9.64 Å². The fourth-order valence-electron chi connectivity index (χ4n) is 3.44. The lowest BCUT2D eigenvalue weighted by Gasteiger charge is -2.32. The van der Waals surface area contributed by atoms with Crippen LogP contribution in [0.4, 0.5) is 0 Å². The Hall–Kier alpha value is -1.41. The number of hydrogen-bond acceptors (Lipinski definition) is 5. The van der Waals surface area contributed by atoms with Gasteiger partial charge in [-0.15, -0.1) is 0 Å². The lowest BCUT2D eigenvalue weighted by Crippen LogP contribution is -2.48. The van der Waals surface area contributed by atoms with E-state index < -0.39 is 15.9 Å². The molecule has 0 spiro atoms. The number of rotatable bonds is 3. The van der Waals surface area contributed by atoms with E-state index >= 15 is 0 Å². The Bertz CT molecular complexity index is 711. The van der Waals surface area contributed by atoms with Crippen LogP contribution in [0.5, 0.6) is 0 Å². The summed E-state index contributed by atoms with van der Waals surface area (Å²) in [4.78, 5) is 14.6. The fourth-order valence-corrected chi connectivity index (χ4v) is 4.32. The van der Waals surface area contributed by atoms with Crippen LogP contribution in [0.2, 0.25) is 0 Å². The molecular formula is C15H23N3O4S. The van der Waals surface area contributed by atoms with Gasteiger partial charge in [0.2, 0.25) is 0 Å². The van der Waals surface area contributed by atoms with Crippen LogP contribution >= 0.6 is 0 Å². The highest BCUT2D eigenvalue weighted by Crippen LogP contribution is 2.25. The van der Waals surface area contributed by atoms with Gasteiger partial charge in [0.1, 0.15) is 15.5 Å². The van der Waals surface area contributed by atoms with E-state index in [0.717, 1.165) is 36.9 Å². The molecule has 1 aliphatic heterocycles. The third-order valence-corrected chi connectivity index (χ3v) is 5.41. The summed E-state index contributed by atoms with van der Waals surface area (Å²) in [6.45, 7) is 1.16. The van der Waals surface area contributed by atoms with E-state index in [1.807, 2.05) is 0 Å². The van der Waals surface area contributed by atoms with Crippen molar-refractivity contribution in [3.63, 3.8) is 0 Å². The molecule has 7 nitrogen and oxygen atoms in total.